The molecule has 3 aromatic rings. The Bertz CT molecular complexity index is 965. The molecule has 2 aromatic carbocycles. The third-order valence-corrected chi connectivity index (χ3v) is 4.18. The molecule has 0 atom stereocenters. The van der Waals surface area contributed by atoms with Gasteiger partial charge in [0.2, 0.25) is 5.91 Å². The predicted molar refractivity (Wildman–Crippen MR) is 103 cm³/mol. The smallest absolute Gasteiger partial charge is 0.351 e. The first-order valence-corrected chi connectivity index (χ1v) is 8.86. The van der Waals surface area contributed by atoms with E-state index in [0.717, 1.165) is 5.56 Å². The van der Waals surface area contributed by atoms with Crippen molar-refractivity contribution in [3.05, 3.63) is 70.1 Å². The molecule has 3 rings (SSSR count). The highest BCUT2D eigenvalue weighted by atomic mass is 35.5. The molecule has 7 nitrogen and oxygen atoms in total. The monoisotopic (exact) mass is 386 g/mol. The quantitative estimate of drug-likeness (QED) is 0.606. The van der Waals surface area contributed by atoms with Crippen LogP contribution in [0.25, 0.3) is 17.1 Å². The molecule has 0 aliphatic heterocycles. The number of aliphatic hydroxyl groups excluding tert-OH is 1. The summed E-state index contributed by atoms with van der Waals surface area (Å²) < 4.78 is 2.58. The summed E-state index contributed by atoms with van der Waals surface area (Å²) in [5.41, 5.74) is 0.861. The SMILES string of the molecule is O=C(Cn1c(-c2ccccc2)nn(-c2ccc(Cl)cc2)c1=O)NCCCO. The highest BCUT2D eigenvalue weighted by molar-refractivity contribution is 6.30. The van der Waals surface area contributed by atoms with Crippen LogP contribution >= 0.6 is 11.6 Å². The molecule has 0 bridgehead atoms. The van der Waals surface area contributed by atoms with Crippen LogP contribution < -0.4 is 11.0 Å². The Kier molecular flexibility index (Phi) is 6.05. The molecule has 1 aromatic heterocycles. The number of hydrogen-bond acceptors (Lipinski definition) is 4. The van der Waals surface area contributed by atoms with Crippen LogP contribution in [0.15, 0.2) is 59.4 Å². The number of halogens is 1. The second-order valence-electron chi connectivity index (χ2n) is 5.87. The molecule has 2 N–H and O–H groups in total. The summed E-state index contributed by atoms with van der Waals surface area (Å²) in [7, 11) is 0. The molecule has 140 valence electrons. The van der Waals surface area contributed by atoms with Crippen LogP contribution in [0.1, 0.15) is 6.42 Å². The van der Waals surface area contributed by atoms with Crippen LogP contribution in [-0.2, 0) is 11.3 Å². The number of nitrogens with zero attached hydrogens (tertiary/aromatic N) is 3. The van der Waals surface area contributed by atoms with Gasteiger partial charge in [0.25, 0.3) is 0 Å². The second-order valence-corrected chi connectivity index (χ2v) is 6.31. The maximum absolute atomic E-state index is 12.9. The first kappa shape index (κ1) is 18.9. The summed E-state index contributed by atoms with van der Waals surface area (Å²) in [4.78, 5) is 25.1. The van der Waals surface area contributed by atoms with E-state index in [-0.39, 0.29) is 19.1 Å². The van der Waals surface area contributed by atoms with Crippen molar-refractivity contribution >= 4 is 17.5 Å². The van der Waals surface area contributed by atoms with Gasteiger partial charge in [0, 0.05) is 23.7 Å². The summed E-state index contributed by atoms with van der Waals surface area (Å²) in [6.07, 6.45) is 0.455. The fourth-order valence-corrected chi connectivity index (χ4v) is 2.72. The van der Waals surface area contributed by atoms with Crippen molar-refractivity contribution in [2.75, 3.05) is 13.2 Å². The molecule has 0 radical (unpaired) electrons. The van der Waals surface area contributed by atoms with Crippen LogP contribution in [0.2, 0.25) is 5.02 Å². The lowest BCUT2D eigenvalue weighted by molar-refractivity contribution is -0.121. The summed E-state index contributed by atoms with van der Waals surface area (Å²) in [5.74, 6) is 0.0752. The van der Waals surface area contributed by atoms with Gasteiger partial charge in [-0.3, -0.25) is 9.36 Å². The standard InChI is InChI=1S/C19H19ClN4O3/c20-15-7-9-16(10-8-15)24-19(27)23(13-17(26)21-11-4-12-25)18(22-24)14-5-2-1-3-6-14/h1-3,5-10,25H,4,11-13H2,(H,21,26). The Morgan fingerprint density at radius 3 is 2.48 bits per heavy atom. The lowest BCUT2D eigenvalue weighted by atomic mass is 10.2. The van der Waals surface area contributed by atoms with E-state index in [1.807, 2.05) is 30.3 Å². The van der Waals surface area contributed by atoms with E-state index in [2.05, 4.69) is 10.4 Å². The van der Waals surface area contributed by atoms with Gasteiger partial charge in [0.1, 0.15) is 6.54 Å². The first-order chi connectivity index (χ1) is 13.1. The Morgan fingerprint density at radius 1 is 1.11 bits per heavy atom. The number of carbonyl (C=O) groups is 1. The van der Waals surface area contributed by atoms with Crippen molar-refractivity contribution < 1.29 is 9.90 Å². The molecule has 0 aliphatic rings. The largest absolute Gasteiger partial charge is 0.396 e. The molecular formula is C19H19ClN4O3. The van der Waals surface area contributed by atoms with Crippen molar-refractivity contribution in [3.63, 3.8) is 0 Å². The van der Waals surface area contributed by atoms with Gasteiger partial charge in [-0.2, -0.15) is 4.68 Å². The summed E-state index contributed by atoms with van der Waals surface area (Å²) in [6, 6.07) is 15.9. The normalized spacial score (nSPS) is 10.7. The van der Waals surface area contributed by atoms with Crippen LogP contribution in [-0.4, -0.2) is 38.5 Å². The molecule has 0 saturated carbocycles. The summed E-state index contributed by atoms with van der Waals surface area (Å²) in [5, 5.41) is 16.5. The Labute approximate surface area is 160 Å². The maximum atomic E-state index is 12.9. The Balaban J connectivity index is 2.00. The summed E-state index contributed by atoms with van der Waals surface area (Å²) in [6.45, 7) is 0.169. The molecule has 0 aliphatic carbocycles. The zero-order chi connectivity index (χ0) is 19.2. The van der Waals surface area contributed by atoms with Crippen LogP contribution in [0.4, 0.5) is 0 Å². The van der Waals surface area contributed by atoms with Crippen LogP contribution in [0.5, 0.6) is 0 Å². The van der Waals surface area contributed by atoms with Crippen LogP contribution in [0.3, 0.4) is 0 Å². The maximum Gasteiger partial charge on any atom is 0.351 e. The second kappa shape index (κ2) is 8.66. The third-order valence-electron chi connectivity index (χ3n) is 3.92. The van der Waals surface area contributed by atoms with E-state index in [4.69, 9.17) is 16.7 Å². The molecule has 0 spiro atoms. The number of benzene rings is 2. The van der Waals surface area contributed by atoms with Crippen molar-refractivity contribution in [3.8, 4) is 17.1 Å². The van der Waals surface area contributed by atoms with Crippen LogP contribution in [0, 0.1) is 0 Å². The molecule has 27 heavy (non-hydrogen) atoms. The van der Waals surface area contributed by atoms with Gasteiger partial charge in [-0.05, 0) is 30.7 Å². The van der Waals surface area contributed by atoms with Gasteiger partial charge in [0.05, 0.1) is 5.69 Å². The molecule has 0 saturated heterocycles. The molecule has 1 amide bonds. The first-order valence-electron chi connectivity index (χ1n) is 8.49. The fourth-order valence-electron chi connectivity index (χ4n) is 2.60. The van der Waals surface area contributed by atoms with Crippen molar-refractivity contribution in [1.82, 2.24) is 19.7 Å². The number of aliphatic hydroxyl groups is 1. The van der Waals surface area contributed by atoms with E-state index in [0.29, 0.717) is 29.5 Å². The zero-order valence-corrected chi connectivity index (χ0v) is 15.3. The predicted octanol–water partition coefficient (Wildman–Crippen LogP) is 1.85. The molecule has 0 fully saturated rings. The lowest BCUT2D eigenvalue weighted by Crippen LogP contribution is -2.33. The topological polar surface area (TPSA) is 89.2 Å². The summed E-state index contributed by atoms with van der Waals surface area (Å²) >= 11 is 5.92. The van der Waals surface area contributed by atoms with Gasteiger partial charge in [0.15, 0.2) is 5.82 Å². The average Bonchev–Trinajstić information content (AvgIpc) is 3.00. The number of amides is 1. The van der Waals surface area contributed by atoms with Gasteiger partial charge in [-0.15, -0.1) is 5.10 Å². The molecule has 0 unspecified atom stereocenters. The third kappa shape index (κ3) is 4.45. The number of rotatable bonds is 7. The van der Waals surface area contributed by atoms with E-state index in [1.54, 1.807) is 24.3 Å². The molecule has 1 heterocycles. The minimum Gasteiger partial charge on any atom is -0.396 e. The van der Waals surface area contributed by atoms with Gasteiger partial charge in [-0.1, -0.05) is 41.9 Å². The highest BCUT2D eigenvalue weighted by Gasteiger charge is 2.18. The molecular weight excluding hydrogens is 368 g/mol. The van der Waals surface area contributed by atoms with E-state index < -0.39 is 5.69 Å². The number of aromatic nitrogens is 3. The number of hydrogen-bond donors (Lipinski definition) is 2. The lowest BCUT2D eigenvalue weighted by Gasteiger charge is -2.06. The fraction of sp³-hybridized carbons (Fsp3) is 0.211. The van der Waals surface area contributed by atoms with Gasteiger partial charge < -0.3 is 10.4 Å². The van der Waals surface area contributed by atoms with Crippen molar-refractivity contribution in [1.29, 1.82) is 0 Å². The van der Waals surface area contributed by atoms with Gasteiger partial charge >= 0.3 is 5.69 Å². The minimum absolute atomic E-state index is 0.00993. The minimum atomic E-state index is -0.423. The number of carbonyl (C=O) groups excluding carboxylic acids is 1. The van der Waals surface area contributed by atoms with Gasteiger partial charge in [-0.25, -0.2) is 4.79 Å². The van der Waals surface area contributed by atoms with Crippen molar-refractivity contribution in [2.45, 2.75) is 13.0 Å². The average molecular weight is 387 g/mol. The van der Waals surface area contributed by atoms with E-state index in [1.165, 1.54) is 9.25 Å². The highest BCUT2D eigenvalue weighted by Crippen LogP contribution is 2.17. The number of nitrogens with one attached hydrogen (secondary N) is 1. The zero-order valence-electron chi connectivity index (χ0n) is 14.5. The van der Waals surface area contributed by atoms with E-state index in [9.17, 15) is 9.59 Å². The Hall–Kier alpha value is -2.90. The van der Waals surface area contributed by atoms with Crippen molar-refractivity contribution in [2.24, 2.45) is 0 Å². The Morgan fingerprint density at radius 2 is 1.81 bits per heavy atom. The van der Waals surface area contributed by atoms with E-state index >= 15 is 0 Å². The molecule has 8 heteroatoms.